The second kappa shape index (κ2) is 7.32. The summed E-state index contributed by atoms with van der Waals surface area (Å²) in [6.45, 7) is 5.55. The van der Waals surface area contributed by atoms with Crippen LogP contribution in [0.1, 0.15) is 35.6 Å². The molecule has 0 aliphatic carbocycles. The molecule has 0 bridgehead atoms. The van der Waals surface area contributed by atoms with Gasteiger partial charge < -0.3 is 9.47 Å². The third-order valence-corrected chi connectivity index (χ3v) is 5.75. The molecule has 1 saturated heterocycles. The SMILES string of the molecule is Cc1cccc(-c2cn[nH]c2[C@@H]2CCCN(Cc3ccc4c(c3)OCO4)C2)c1. The number of hydrogen-bond acceptors (Lipinski definition) is 4. The fraction of sp³-hybridized carbons (Fsp3) is 0.348. The lowest BCUT2D eigenvalue weighted by Crippen LogP contribution is -2.34. The zero-order valence-electron chi connectivity index (χ0n) is 16.1. The fourth-order valence-corrected chi connectivity index (χ4v) is 4.38. The van der Waals surface area contributed by atoms with Crippen LogP contribution < -0.4 is 9.47 Å². The van der Waals surface area contributed by atoms with E-state index in [9.17, 15) is 0 Å². The number of likely N-dealkylation sites (tertiary alicyclic amines) is 1. The Morgan fingerprint density at radius 1 is 1.14 bits per heavy atom. The fourth-order valence-electron chi connectivity index (χ4n) is 4.38. The van der Waals surface area contributed by atoms with Crippen molar-refractivity contribution in [1.29, 1.82) is 0 Å². The number of nitrogens with zero attached hydrogens (tertiary/aromatic N) is 2. The maximum Gasteiger partial charge on any atom is 0.231 e. The second-order valence-electron chi connectivity index (χ2n) is 7.83. The number of fused-ring (bicyclic) bond motifs is 1. The van der Waals surface area contributed by atoms with Crippen molar-refractivity contribution in [2.45, 2.75) is 32.2 Å². The van der Waals surface area contributed by atoms with Crippen LogP contribution in [0, 0.1) is 6.92 Å². The third kappa shape index (κ3) is 3.38. The van der Waals surface area contributed by atoms with Crippen molar-refractivity contribution in [3.8, 4) is 22.6 Å². The van der Waals surface area contributed by atoms with Gasteiger partial charge in [-0.25, -0.2) is 0 Å². The van der Waals surface area contributed by atoms with Crippen molar-refractivity contribution >= 4 is 0 Å². The summed E-state index contributed by atoms with van der Waals surface area (Å²) in [6, 6.07) is 14.9. The minimum absolute atomic E-state index is 0.326. The molecule has 3 heterocycles. The molecule has 0 radical (unpaired) electrons. The van der Waals surface area contributed by atoms with E-state index < -0.39 is 0 Å². The predicted octanol–water partition coefficient (Wildman–Crippen LogP) is 4.49. The number of aryl methyl sites for hydroxylation is 1. The average molecular weight is 375 g/mol. The highest BCUT2D eigenvalue weighted by atomic mass is 16.7. The van der Waals surface area contributed by atoms with Gasteiger partial charge in [-0.15, -0.1) is 0 Å². The number of aromatic amines is 1. The van der Waals surface area contributed by atoms with Crippen molar-refractivity contribution in [3.05, 3.63) is 65.5 Å². The third-order valence-electron chi connectivity index (χ3n) is 5.75. The van der Waals surface area contributed by atoms with Crippen molar-refractivity contribution in [2.75, 3.05) is 19.9 Å². The molecule has 2 aromatic carbocycles. The predicted molar refractivity (Wildman–Crippen MR) is 109 cm³/mol. The number of piperidine rings is 1. The average Bonchev–Trinajstić information content (AvgIpc) is 3.37. The molecule has 1 atom stereocenters. The standard InChI is InChI=1S/C23H25N3O2/c1-16-4-2-5-18(10-16)20-12-24-25-23(20)19-6-3-9-26(14-19)13-17-7-8-21-22(11-17)28-15-27-21/h2,4-5,7-8,10-12,19H,3,6,9,13-15H2,1H3,(H,24,25)/t19-/m1/s1. The van der Waals surface area contributed by atoms with Crippen LogP contribution in [-0.4, -0.2) is 35.0 Å². The van der Waals surface area contributed by atoms with Gasteiger partial charge in [0.15, 0.2) is 11.5 Å². The van der Waals surface area contributed by atoms with Crippen molar-refractivity contribution in [3.63, 3.8) is 0 Å². The number of benzene rings is 2. The maximum atomic E-state index is 5.53. The van der Waals surface area contributed by atoms with E-state index in [0.717, 1.165) is 31.1 Å². The molecular weight excluding hydrogens is 350 g/mol. The van der Waals surface area contributed by atoms with E-state index in [1.165, 1.54) is 40.8 Å². The van der Waals surface area contributed by atoms with Gasteiger partial charge >= 0.3 is 0 Å². The molecule has 1 fully saturated rings. The van der Waals surface area contributed by atoms with E-state index in [0.29, 0.717) is 12.7 Å². The first-order valence-electron chi connectivity index (χ1n) is 9.97. The highest BCUT2D eigenvalue weighted by Gasteiger charge is 2.25. The Morgan fingerprint density at radius 2 is 2.07 bits per heavy atom. The first kappa shape index (κ1) is 17.3. The Bertz CT molecular complexity index is 981. The summed E-state index contributed by atoms with van der Waals surface area (Å²) < 4.78 is 11.0. The number of rotatable bonds is 4. The lowest BCUT2D eigenvalue weighted by molar-refractivity contribution is 0.173. The summed E-state index contributed by atoms with van der Waals surface area (Å²) >= 11 is 0. The largest absolute Gasteiger partial charge is 0.454 e. The van der Waals surface area contributed by atoms with Gasteiger partial charge in [-0.3, -0.25) is 10.00 Å². The maximum absolute atomic E-state index is 5.53. The summed E-state index contributed by atoms with van der Waals surface area (Å²) in [4.78, 5) is 2.53. The van der Waals surface area contributed by atoms with Gasteiger partial charge in [0.25, 0.3) is 0 Å². The Kier molecular flexibility index (Phi) is 4.53. The van der Waals surface area contributed by atoms with Crippen LogP contribution >= 0.6 is 0 Å². The minimum atomic E-state index is 0.326. The molecule has 2 aliphatic rings. The van der Waals surface area contributed by atoms with E-state index in [2.05, 4.69) is 58.4 Å². The van der Waals surface area contributed by atoms with E-state index in [1.807, 2.05) is 12.3 Å². The molecule has 0 saturated carbocycles. The minimum Gasteiger partial charge on any atom is -0.454 e. The highest BCUT2D eigenvalue weighted by Crippen LogP contribution is 2.35. The van der Waals surface area contributed by atoms with Crippen LogP contribution in [0.5, 0.6) is 11.5 Å². The Labute approximate surface area is 165 Å². The molecule has 0 spiro atoms. The number of aromatic nitrogens is 2. The van der Waals surface area contributed by atoms with Crippen LogP contribution in [0.15, 0.2) is 48.7 Å². The van der Waals surface area contributed by atoms with Gasteiger partial charge in [0.1, 0.15) is 0 Å². The summed E-state index contributed by atoms with van der Waals surface area (Å²) in [5.74, 6) is 2.18. The molecule has 0 unspecified atom stereocenters. The van der Waals surface area contributed by atoms with Crippen LogP contribution in [0.3, 0.4) is 0 Å². The van der Waals surface area contributed by atoms with Crippen LogP contribution in [0.2, 0.25) is 0 Å². The second-order valence-corrected chi connectivity index (χ2v) is 7.83. The molecule has 1 aromatic heterocycles. The summed E-state index contributed by atoms with van der Waals surface area (Å²) in [6.07, 6.45) is 4.36. The quantitative estimate of drug-likeness (QED) is 0.730. The molecule has 5 nitrogen and oxygen atoms in total. The topological polar surface area (TPSA) is 50.4 Å². The highest BCUT2D eigenvalue weighted by molar-refractivity contribution is 5.66. The first-order chi connectivity index (χ1) is 13.8. The lowest BCUT2D eigenvalue weighted by Gasteiger charge is -2.32. The smallest absolute Gasteiger partial charge is 0.231 e. The molecule has 144 valence electrons. The lowest BCUT2D eigenvalue weighted by atomic mass is 9.90. The van der Waals surface area contributed by atoms with Gasteiger partial charge in [-0.2, -0.15) is 5.10 Å². The van der Waals surface area contributed by atoms with Crippen molar-refractivity contribution in [1.82, 2.24) is 15.1 Å². The molecule has 0 amide bonds. The van der Waals surface area contributed by atoms with Gasteiger partial charge in [0, 0.05) is 30.3 Å². The van der Waals surface area contributed by atoms with Gasteiger partial charge in [-0.1, -0.05) is 35.9 Å². The monoisotopic (exact) mass is 375 g/mol. The van der Waals surface area contributed by atoms with Gasteiger partial charge in [0.2, 0.25) is 6.79 Å². The Balaban J connectivity index is 1.33. The first-order valence-corrected chi connectivity index (χ1v) is 9.97. The summed E-state index contributed by atoms with van der Waals surface area (Å²) in [7, 11) is 0. The Morgan fingerprint density at radius 3 is 3.00 bits per heavy atom. The van der Waals surface area contributed by atoms with E-state index in [-0.39, 0.29) is 0 Å². The normalized spacial score (nSPS) is 19.1. The summed E-state index contributed by atoms with van der Waals surface area (Å²) in [5.41, 5.74) is 6.29. The Hall–Kier alpha value is -2.79. The van der Waals surface area contributed by atoms with E-state index in [4.69, 9.17) is 9.47 Å². The number of ether oxygens (including phenoxy) is 2. The molecule has 3 aromatic rings. The number of H-pyrrole nitrogens is 1. The molecule has 5 rings (SSSR count). The zero-order valence-corrected chi connectivity index (χ0v) is 16.1. The van der Waals surface area contributed by atoms with E-state index in [1.54, 1.807) is 0 Å². The molecule has 5 heteroatoms. The summed E-state index contributed by atoms with van der Waals surface area (Å²) in [5, 5.41) is 7.68. The number of hydrogen-bond donors (Lipinski definition) is 1. The number of nitrogens with one attached hydrogen (secondary N) is 1. The van der Waals surface area contributed by atoms with Gasteiger partial charge in [-0.05, 0) is 49.6 Å². The van der Waals surface area contributed by atoms with Crippen LogP contribution in [0.25, 0.3) is 11.1 Å². The molecule has 1 N–H and O–H groups in total. The van der Waals surface area contributed by atoms with Crippen molar-refractivity contribution in [2.24, 2.45) is 0 Å². The molecule has 28 heavy (non-hydrogen) atoms. The van der Waals surface area contributed by atoms with Gasteiger partial charge in [0.05, 0.1) is 6.20 Å². The zero-order chi connectivity index (χ0) is 18.9. The van der Waals surface area contributed by atoms with E-state index >= 15 is 0 Å². The van der Waals surface area contributed by atoms with Crippen LogP contribution in [-0.2, 0) is 6.54 Å². The molecular formula is C23H25N3O2. The van der Waals surface area contributed by atoms with Crippen molar-refractivity contribution < 1.29 is 9.47 Å². The molecule has 2 aliphatic heterocycles. The van der Waals surface area contributed by atoms with Crippen LogP contribution in [0.4, 0.5) is 0 Å².